The summed E-state index contributed by atoms with van der Waals surface area (Å²) in [4.78, 5) is 14.9. The Morgan fingerprint density at radius 1 is 1.11 bits per heavy atom. The third-order valence-corrected chi connectivity index (χ3v) is 5.17. The molecule has 0 fully saturated rings. The van der Waals surface area contributed by atoms with Crippen LogP contribution in [-0.2, 0) is 0 Å². The van der Waals surface area contributed by atoms with Crippen LogP contribution in [0.3, 0.4) is 0 Å². The van der Waals surface area contributed by atoms with Gasteiger partial charge in [-0.2, -0.15) is 0 Å². The topological polar surface area (TPSA) is 65.3 Å². The number of rotatable bonds is 9. The second-order valence-electron chi connectivity index (χ2n) is 6.27. The largest absolute Gasteiger partial charge is 0.494 e. The molecule has 5 nitrogen and oxygen atoms in total. The van der Waals surface area contributed by atoms with Gasteiger partial charge in [0, 0.05) is 12.1 Å². The van der Waals surface area contributed by atoms with Gasteiger partial charge in [-0.1, -0.05) is 44.4 Å². The lowest BCUT2D eigenvalue weighted by atomic mass is 10.2. The molecule has 0 radical (unpaired) electrons. The highest BCUT2D eigenvalue weighted by atomic mass is 32.1. The van der Waals surface area contributed by atoms with Crippen molar-refractivity contribution in [2.24, 2.45) is 0 Å². The van der Waals surface area contributed by atoms with Crippen molar-refractivity contribution < 1.29 is 9.66 Å². The molecule has 0 bridgehead atoms. The molecule has 0 unspecified atom stereocenters. The number of hydrogen-bond acceptors (Lipinski definition) is 5. The van der Waals surface area contributed by atoms with Gasteiger partial charge in [0.2, 0.25) is 0 Å². The normalized spacial score (nSPS) is 11.3. The molecule has 0 aliphatic heterocycles. The van der Waals surface area contributed by atoms with Gasteiger partial charge in [-0.3, -0.25) is 10.1 Å². The van der Waals surface area contributed by atoms with E-state index in [1.165, 1.54) is 42.7 Å². The standard InChI is InChI=1S/C21H22N2O3S/c1-2-3-4-5-14-26-18-10-6-16(7-11-18)8-13-21-22-19-15-17(23(24)25)9-12-20(19)27-21/h6-13,15H,2-5,14H2,1H3/b13-8+. The smallest absolute Gasteiger partial charge is 0.271 e. The summed E-state index contributed by atoms with van der Waals surface area (Å²) in [6.07, 6.45) is 8.70. The zero-order valence-electron chi connectivity index (χ0n) is 15.3. The Morgan fingerprint density at radius 3 is 2.67 bits per heavy atom. The Labute approximate surface area is 162 Å². The molecule has 0 spiro atoms. The van der Waals surface area contributed by atoms with Gasteiger partial charge in [0.25, 0.3) is 5.69 Å². The van der Waals surface area contributed by atoms with Gasteiger partial charge < -0.3 is 4.74 Å². The molecular formula is C21H22N2O3S. The van der Waals surface area contributed by atoms with Crippen molar-refractivity contribution in [1.82, 2.24) is 4.98 Å². The highest BCUT2D eigenvalue weighted by Crippen LogP contribution is 2.27. The lowest BCUT2D eigenvalue weighted by Crippen LogP contribution is -1.96. The van der Waals surface area contributed by atoms with Crippen molar-refractivity contribution in [1.29, 1.82) is 0 Å². The average Bonchev–Trinajstić information content (AvgIpc) is 3.09. The molecule has 0 atom stereocenters. The third kappa shape index (κ3) is 5.37. The van der Waals surface area contributed by atoms with E-state index >= 15 is 0 Å². The van der Waals surface area contributed by atoms with Gasteiger partial charge in [-0.15, -0.1) is 11.3 Å². The van der Waals surface area contributed by atoms with E-state index in [1.807, 2.05) is 36.4 Å². The van der Waals surface area contributed by atoms with Crippen molar-refractivity contribution in [2.75, 3.05) is 6.61 Å². The second-order valence-corrected chi connectivity index (χ2v) is 7.33. The fourth-order valence-corrected chi connectivity index (χ4v) is 3.53. The molecule has 1 aromatic heterocycles. The summed E-state index contributed by atoms with van der Waals surface area (Å²) in [7, 11) is 0. The minimum absolute atomic E-state index is 0.0635. The van der Waals surface area contributed by atoms with Crippen LogP contribution in [0.5, 0.6) is 5.75 Å². The van der Waals surface area contributed by atoms with Crippen LogP contribution in [0.2, 0.25) is 0 Å². The van der Waals surface area contributed by atoms with Crippen LogP contribution in [0, 0.1) is 10.1 Å². The quantitative estimate of drug-likeness (QED) is 0.246. The molecule has 0 N–H and O–H groups in total. The van der Waals surface area contributed by atoms with Crippen molar-refractivity contribution in [3.8, 4) is 5.75 Å². The monoisotopic (exact) mass is 382 g/mol. The molecule has 0 saturated heterocycles. The molecule has 140 valence electrons. The summed E-state index contributed by atoms with van der Waals surface area (Å²) in [6, 6.07) is 12.7. The lowest BCUT2D eigenvalue weighted by molar-refractivity contribution is -0.384. The van der Waals surface area contributed by atoms with Crippen LogP contribution in [0.15, 0.2) is 42.5 Å². The molecule has 27 heavy (non-hydrogen) atoms. The first-order valence-corrected chi connectivity index (χ1v) is 9.93. The van der Waals surface area contributed by atoms with E-state index in [-0.39, 0.29) is 5.69 Å². The minimum atomic E-state index is -0.401. The first-order valence-electron chi connectivity index (χ1n) is 9.11. The highest BCUT2D eigenvalue weighted by Gasteiger charge is 2.09. The van der Waals surface area contributed by atoms with Crippen LogP contribution >= 0.6 is 11.3 Å². The van der Waals surface area contributed by atoms with Crippen LogP contribution in [0.25, 0.3) is 22.4 Å². The van der Waals surface area contributed by atoms with Crippen LogP contribution < -0.4 is 4.74 Å². The number of aromatic nitrogens is 1. The number of ether oxygens (including phenoxy) is 1. The van der Waals surface area contributed by atoms with Gasteiger partial charge >= 0.3 is 0 Å². The van der Waals surface area contributed by atoms with E-state index in [4.69, 9.17) is 4.74 Å². The predicted molar refractivity (Wildman–Crippen MR) is 111 cm³/mol. The second kappa shape index (κ2) is 9.28. The number of thiazole rings is 1. The van der Waals surface area contributed by atoms with Gasteiger partial charge in [0.15, 0.2) is 0 Å². The molecule has 3 aromatic rings. The number of nitro benzene ring substituents is 1. The first kappa shape index (κ1) is 19.0. The lowest BCUT2D eigenvalue weighted by Gasteiger charge is -2.05. The Morgan fingerprint density at radius 2 is 1.93 bits per heavy atom. The number of fused-ring (bicyclic) bond motifs is 1. The van der Waals surface area contributed by atoms with Gasteiger partial charge in [0.1, 0.15) is 10.8 Å². The van der Waals surface area contributed by atoms with E-state index in [9.17, 15) is 10.1 Å². The van der Waals surface area contributed by atoms with Crippen LogP contribution in [-0.4, -0.2) is 16.5 Å². The zero-order chi connectivity index (χ0) is 19.1. The van der Waals surface area contributed by atoms with E-state index in [0.717, 1.165) is 34.0 Å². The summed E-state index contributed by atoms with van der Waals surface area (Å²) in [5.41, 5.74) is 1.77. The van der Waals surface area contributed by atoms with Crippen LogP contribution in [0.4, 0.5) is 5.69 Å². The SMILES string of the molecule is CCCCCCOc1ccc(/C=C/c2nc3cc([N+](=O)[O-])ccc3s2)cc1. The zero-order valence-corrected chi connectivity index (χ0v) is 16.1. The van der Waals surface area contributed by atoms with E-state index in [1.54, 1.807) is 6.07 Å². The van der Waals surface area contributed by atoms with Crippen molar-refractivity contribution in [3.05, 3.63) is 63.1 Å². The fraction of sp³-hybridized carbons (Fsp3) is 0.286. The fourth-order valence-electron chi connectivity index (χ4n) is 2.68. The summed E-state index contributed by atoms with van der Waals surface area (Å²) >= 11 is 1.51. The van der Waals surface area contributed by atoms with Crippen LogP contribution in [0.1, 0.15) is 43.2 Å². The maximum atomic E-state index is 10.9. The Kier molecular flexibility index (Phi) is 6.54. The Hall–Kier alpha value is -2.73. The number of non-ortho nitro benzene ring substituents is 1. The molecule has 3 rings (SSSR count). The van der Waals surface area contributed by atoms with Gasteiger partial charge in [-0.05, 0) is 36.3 Å². The molecule has 0 amide bonds. The first-order chi connectivity index (χ1) is 13.2. The molecule has 2 aromatic carbocycles. The predicted octanol–water partition coefficient (Wildman–Crippen LogP) is 6.33. The van der Waals surface area contributed by atoms with Gasteiger partial charge in [0.05, 0.1) is 21.7 Å². The molecular weight excluding hydrogens is 360 g/mol. The molecule has 0 aliphatic carbocycles. The third-order valence-electron chi connectivity index (χ3n) is 4.16. The van der Waals surface area contributed by atoms with E-state index in [2.05, 4.69) is 11.9 Å². The summed E-state index contributed by atoms with van der Waals surface area (Å²) in [5, 5.41) is 11.7. The number of hydrogen-bond donors (Lipinski definition) is 0. The van der Waals surface area contributed by atoms with Gasteiger partial charge in [-0.25, -0.2) is 4.98 Å². The molecule has 1 heterocycles. The number of benzene rings is 2. The van der Waals surface area contributed by atoms with Crippen molar-refractivity contribution in [3.63, 3.8) is 0 Å². The molecule has 0 saturated carbocycles. The molecule has 6 heteroatoms. The Balaban J connectivity index is 1.60. The number of unbranched alkanes of at least 4 members (excludes halogenated alkanes) is 3. The number of nitro groups is 1. The highest BCUT2D eigenvalue weighted by molar-refractivity contribution is 7.19. The minimum Gasteiger partial charge on any atom is -0.494 e. The van der Waals surface area contributed by atoms with Crippen molar-refractivity contribution in [2.45, 2.75) is 32.6 Å². The average molecular weight is 382 g/mol. The maximum absolute atomic E-state index is 10.9. The number of nitrogens with zero attached hydrogens (tertiary/aromatic N) is 2. The summed E-state index contributed by atoms with van der Waals surface area (Å²) < 4.78 is 6.69. The van der Waals surface area contributed by atoms with E-state index < -0.39 is 4.92 Å². The summed E-state index contributed by atoms with van der Waals surface area (Å²) in [5.74, 6) is 0.885. The summed E-state index contributed by atoms with van der Waals surface area (Å²) in [6.45, 7) is 2.96. The maximum Gasteiger partial charge on any atom is 0.271 e. The molecule has 0 aliphatic rings. The Bertz CT molecular complexity index is 932. The van der Waals surface area contributed by atoms with Crippen molar-refractivity contribution >= 4 is 39.4 Å². The van der Waals surface area contributed by atoms with E-state index in [0.29, 0.717) is 5.52 Å².